The predicted molar refractivity (Wildman–Crippen MR) is 81.1 cm³/mol. The van der Waals surface area contributed by atoms with Crippen LogP contribution in [0.4, 0.5) is 5.69 Å². The third kappa shape index (κ3) is 3.08. The van der Waals surface area contributed by atoms with Crippen molar-refractivity contribution in [2.75, 3.05) is 5.32 Å². The van der Waals surface area contributed by atoms with Crippen molar-refractivity contribution < 1.29 is 4.79 Å². The van der Waals surface area contributed by atoms with Crippen molar-refractivity contribution in [3.8, 4) is 0 Å². The quantitative estimate of drug-likeness (QED) is 0.843. The first-order valence-electron chi connectivity index (χ1n) is 5.37. The highest BCUT2D eigenvalue weighted by molar-refractivity contribution is 9.10. The topological polar surface area (TPSA) is 42.0 Å². The molecular formula is C13H9BrCl2N2O. The molecule has 2 aromatic rings. The van der Waals surface area contributed by atoms with Gasteiger partial charge in [0.1, 0.15) is 5.69 Å². The molecule has 0 bridgehead atoms. The van der Waals surface area contributed by atoms with Gasteiger partial charge in [0.05, 0.1) is 15.7 Å². The monoisotopic (exact) mass is 358 g/mol. The Balaban J connectivity index is 2.35. The summed E-state index contributed by atoms with van der Waals surface area (Å²) in [4.78, 5) is 16.1. The Kier molecular flexibility index (Phi) is 4.45. The minimum atomic E-state index is -0.373. The SMILES string of the molecule is Cc1ccc(Cl)c(NC(=O)c2ncccc2Br)c1Cl. The van der Waals surface area contributed by atoms with Crippen molar-refractivity contribution in [2.24, 2.45) is 0 Å². The molecule has 3 nitrogen and oxygen atoms in total. The van der Waals surface area contributed by atoms with Crippen molar-refractivity contribution in [1.82, 2.24) is 4.98 Å². The summed E-state index contributed by atoms with van der Waals surface area (Å²) in [5.74, 6) is -0.373. The summed E-state index contributed by atoms with van der Waals surface area (Å²) in [6.07, 6.45) is 1.54. The Morgan fingerprint density at radius 3 is 2.74 bits per heavy atom. The Bertz CT molecular complexity index is 647. The van der Waals surface area contributed by atoms with E-state index in [0.717, 1.165) is 5.56 Å². The third-order valence-electron chi connectivity index (χ3n) is 2.50. The summed E-state index contributed by atoms with van der Waals surface area (Å²) in [6.45, 7) is 1.84. The smallest absolute Gasteiger partial charge is 0.275 e. The molecule has 0 spiro atoms. The average molecular weight is 360 g/mol. The van der Waals surface area contributed by atoms with Crippen LogP contribution in [0.3, 0.4) is 0 Å². The number of anilines is 1. The Hall–Kier alpha value is -1.10. The van der Waals surface area contributed by atoms with Crippen LogP contribution in [0.5, 0.6) is 0 Å². The van der Waals surface area contributed by atoms with Crippen LogP contribution in [0.2, 0.25) is 10.0 Å². The number of rotatable bonds is 2. The molecule has 1 aromatic heterocycles. The highest BCUT2D eigenvalue weighted by Gasteiger charge is 2.15. The van der Waals surface area contributed by atoms with Crippen LogP contribution in [-0.2, 0) is 0 Å². The van der Waals surface area contributed by atoms with Gasteiger partial charge in [-0.15, -0.1) is 0 Å². The molecule has 0 aliphatic rings. The molecule has 0 atom stereocenters. The largest absolute Gasteiger partial charge is 0.318 e. The van der Waals surface area contributed by atoms with Gasteiger partial charge in [-0.05, 0) is 46.6 Å². The fourth-order valence-electron chi connectivity index (χ4n) is 1.50. The van der Waals surface area contributed by atoms with Gasteiger partial charge >= 0.3 is 0 Å². The van der Waals surface area contributed by atoms with Crippen molar-refractivity contribution in [2.45, 2.75) is 6.92 Å². The highest BCUT2D eigenvalue weighted by Crippen LogP contribution is 2.33. The van der Waals surface area contributed by atoms with Gasteiger partial charge in [0.15, 0.2) is 0 Å². The molecule has 0 radical (unpaired) electrons. The number of aryl methyl sites for hydroxylation is 1. The predicted octanol–water partition coefficient (Wildman–Crippen LogP) is 4.71. The second-order valence-corrected chi connectivity index (χ2v) is 5.48. The van der Waals surface area contributed by atoms with Gasteiger partial charge < -0.3 is 5.32 Å². The van der Waals surface area contributed by atoms with Crippen molar-refractivity contribution in [3.05, 3.63) is 56.2 Å². The minimum absolute atomic E-state index is 0.274. The second-order valence-electron chi connectivity index (χ2n) is 3.84. The lowest BCUT2D eigenvalue weighted by Crippen LogP contribution is -2.15. The summed E-state index contributed by atoms with van der Waals surface area (Å²) >= 11 is 15.5. The van der Waals surface area contributed by atoms with E-state index in [1.54, 1.807) is 30.5 Å². The lowest BCUT2D eigenvalue weighted by Gasteiger charge is -2.11. The number of pyridine rings is 1. The van der Waals surface area contributed by atoms with Crippen LogP contribution < -0.4 is 5.32 Å². The molecule has 0 fully saturated rings. The summed E-state index contributed by atoms with van der Waals surface area (Å²) in [5.41, 5.74) is 1.50. The number of halogens is 3. The van der Waals surface area contributed by atoms with E-state index in [1.807, 2.05) is 6.92 Å². The van der Waals surface area contributed by atoms with Gasteiger partial charge in [0.25, 0.3) is 5.91 Å². The number of carbonyl (C=O) groups is 1. The van der Waals surface area contributed by atoms with E-state index < -0.39 is 0 Å². The Labute approximate surface area is 129 Å². The van der Waals surface area contributed by atoms with Gasteiger partial charge in [0.2, 0.25) is 0 Å². The van der Waals surface area contributed by atoms with Gasteiger partial charge in [-0.1, -0.05) is 29.3 Å². The Morgan fingerprint density at radius 2 is 2.05 bits per heavy atom. The number of nitrogens with zero attached hydrogens (tertiary/aromatic N) is 1. The van der Waals surface area contributed by atoms with Crippen LogP contribution in [-0.4, -0.2) is 10.9 Å². The third-order valence-corrected chi connectivity index (χ3v) is 3.94. The van der Waals surface area contributed by atoms with Crippen LogP contribution in [0.25, 0.3) is 0 Å². The van der Waals surface area contributed by atoms with Crippen LogP contribution >= 0.6 is 39.1 Å². The molecule has 1 amide bonds. The van der Waals surface area contributed by atoms with Crippen LogP contribution in [0.15, 0.2) is 34.9 Å². The zero-order chi connectivity index (χ0) is 14.0. The highest BCUT2D eigenvalue weighted by atomic mass is 79.9. The molecule has 0 saturated carbocycles. The maximum absolute atomic E-state index is 12.1. The molecule has 0 aliphatic heterocycles. The average Bonchev–Trinajstić information content (AvgIpc) is 2.39. The molecular weight excluding hydrogens is 351 g/mol. The van der Waals surface area contributed by atoms with E-state index in [9.17, 15) is 4.79 Å². The van der Waals surface area contributed by atoms with Crippen molar-refractivity contribution in [3.63, 3.8) is 0 Å². The standard InChI is InChI=1S/C13H9BrCl2N2O/c1-7-4-5-9(15)12(10(7)16)18-13(19)11-8(14)3-2-6-17-11/h2-6H,1H3,(H,18,19). The van der Waals surface area contributed by atoms with Crippen molar-refractivity contribution >= 4 is 50.7 Å². The van der Waals surface area contributed by atoms with E-state index in [4.69, 9.17) is 23.2 Å². The molecule has 1 N–H and O–H groups in total. The number of hydrogen-bond acceptors (Lipinski definition) is 2. The summed E-state index contributed by atoms with van der Waals surface area (Å²) in [7, 11) is 0. The van der Waals surface area contributed by atoms with Gasteiger partial charge in [-0.25, -0.2) is 4.98 Å². The first kappa shape index (κ1) is 14.3. The molecule has 98 valence electrons. The van der Waals surface area contributed by atoms with E-state index in [-0.39, 0.29) is 11.6 Å². The normalized spacial score (nSPS) is 10.3. The fourth-order valence-corrected chi connectivity index (χ4v) is 2.40. The van der Waals surface area contributed by atoms with E-state index >= 15 is 0 Å². The maximum atomic E-state index is 12.1. The first-order chi connectivity index (χ1) is 9.00. The molecule has 6 heteroatoms. The number of hydrogen-bond donors (Lipinski definition) is 1. The number of carbonyl (C=O) groups excluding carboxylic acids is 1. The fraction of sp³-hybridized carbons (Fsp3) is 0.0769. The Morgan fingerprint density at radius 1 is 1.32 bits per heavy atom. The summed E-state index contributed by atoms with van der Waals surface area (Å²) < 4.78 is 0.604. The maximum Gasteiger partial charge on any atom is 0.275 e. The molecule has 19 heavy (non-hydrogen) atoms. The lowest BCUT2D eigenvalue weighted by molar-refractivity contribution is 0.102. The molecule has 0 aliphatic carbocycles. The zero-order valence-corrected chi connectivity index (χ0v) is 13.0. The second kappa shape index (κ2) is 5.90. The zero-order valence-electron chi connectivity index (χ0n) is 9.88. The molecule has 0 unspecified atom stereocenters. The van der Waals surface area contributed by atoms with E-state index in [2.05, 4.69) is 26.2 Å². The number of aromatic nitrogens is 1. The van der Waals surface area contributed by atoms with Crippen molar-refractivity contribution in [1.29, 1.82) is 0 Å². The van der Waals surface area contributed by atoms with Gasteiger partial charge in [0, 0.05) is 10.7 Å². The van der Waals surface area contributed by atoms with Gasteiger partial charge in [-0.2, -0.15) is 0 Å². The number of amides is 1. The van der Waals surface area contributed by atoms with E-state index in [0.29, 0.717) is 20.2 Å². The number of benzene rings is 1. The van der Waals surface area contributed by atoms with Gasteiger partial charge in [-0.3, -0.25) is 4.79 Å². The first-order valence-corrected chi connectivity index (χ1v) is 6.92. The molecule has 1 aromatic carbocycles. The van der Waals surface area contributed by atoms with Crippen LogP contribution in [0, 0.1) is 6.92 Å². The summed E-state index contributed by atoms with van der Waals surface area (Å²) in [5, 5.41) is 3.49. The molecule has 2 rings (SSSR count). The van der Waals surface area contributed by atoms with E-state index in [1.165, 1.54) is 0 Å². The number of nitrogens with one attached hydrogen (secondary N) is 1. The molecule has 0 saturated heterocycles. The minimum Gasteiger partial charge on any atom is -0.318 e. The molecule has 1 heterocycles. The summed E-state index contributed by atoms with van der Waals surface area (Å²) in [6, 6.07) is 6.94. The van der Waals surface area contributed by atoms with Crippen LogP contribution in [0.1, 0.15) is 16.1 Å². The lowest BCUT2D eigenvalue weighted by atomic mass is 10.2.